The summed E-state index contributed by atoms with van der Waals surface area (Å²) in [4.78, 5) is 10.9. The molecule has 0 aliphatic carbocycles. The van der Waals surface area contributed by atoms with E-state index in [2.05, 4.69) is 6.58 Å². The first-order chi connectivity index (χ1) is 6.49. The highest BCUT2D eigenvalue weighted by Crippen LogP contribution is 2.20. The zero-order valence-electron chi connectivity index (χ0n) is 8.74. The Morgan fingerprint density at radius 1 is 1.64 bits per heavy atom. The Kier molecular flexibility index (Phi) is 2.79. The molecule has 3 nitrogen and oxygen atoms in total. The average Bonchev–Trinajstić information content (AvgIpc) is 2.41. The van der Waals surface area contributed by atoms with Crippen molar-refractivity contribution in [3.8, 4) is 0 Å². The van der Waals surface area contributed by atoms with Crippen molar-refractivity contribution in [3.05, 3.63) is 35.7 Å². The largest absolute Gasteiger partial charge is 0.478 e. The number of hydrogen-bond acceptors (Lipinski definition) is 1. The van der Waals surface area contributed by atoms with E-state index in [0.29, 0.717) is 5.56 Å². The third-order valence-electron chi connectivity index (χ3n) is 2.46. The zero-order chi connectivity index (χ0) is 10.9. The highest BCUT2D eigenvalue weighted by Gasteiger charge is 2.16. The number of carboxylic acids is 1. The first-order valence-electron chi connectivity index (χ1n) is 4.53. The molecule has 76 valence electrons. The number of hydrogen-bond donors (Lipinski definition) is 1. The molecular weight excluding hydrogens is 178 g/mol. The van der Waals surface area contributed by atoms with Crippen LogP contribution in [-0.2, 0) is 0 Å². The maximum absolute atomic E-state index is 10.9. The molecule has 0 aliphatic heterocycles. The number of carboxylic acid groups (broad SMARTS) is 1. The van der Waals surface area contributed by atoms with E-state index in [1.54, 1.807) is 12.1 Å². The van der Waals surface area contributed by atoms with E-state index in [-0.39, 0.29) is 6.04 Å². The second-order valence-corrected chi connectivity index (χ2v) is 3.44. The predicted octanol–water partition coefficient (Wildman–Crippen LogP) is 2.55. The van der Waals surface area contributed by atoms with Crippen LogP contribution in [0, 0.1) is 13.8 Å². The van der Waals surface area contributed by atoms with Gasteiger partial charge in [-0.3, -0.25) is 0 Å². The molecule has 1 N–H and O–H groups in total. The van der Waals surface area contributed by atoms with E-state index >= 15 is 0 Å². The molecule has 14 heavy (non-hydrogen) atoms. The molecule has 0 saturated carbocycles. The van der Waals surface area contributed by atoms with Crippen LogP contribution in [-0.4, -0.2) is 15.6 Å². The van der Waals surface area contributed by atoms with Crippen molar-refractivity contribution < 1.29 is 9.90 Å². The molecule has 0 bridgehead atoms. The minimum absolute atomic E-state index is 0.128. The fourth-order valence-corrected chi connectivity index (χ4v) is 1.73. The van der Waals surface area contributed by atoms with Gasteiger partial charge < -0.3 is 9.67 Å². The Balaban J connectivity index is 3.31. The Morgan fingerprint density at radius 2 is 2.21 bits per heavy atom. The van der Waals surface area contributed by atoms with Gasteiger partial charge >= 0.3 is 5.97 Å². The molecule has 1 atom stereocenters. The van der Waals surface area contributed by atoms with Gasteiger partial charge in [0.15, 0.2) is 0 Å². The Morgan fingerprint density at radius 3 is 2.57 bits per heavy atom. The van der Waals surface area contributed by atoms with Gasteiger partial charge in [0.2, 0.25) is 0 Å². The molecule has 1 heterocycles. The number of aryl methyl sites for hydroxylation is 1. The lowest BCUT2D eigenvalue weighted by molar-refractivity contribution is 0.0696. The number of nitrogens with zero attached hydrogens (tertiary/aromatic N) is 1. The molecule has 1 aromatic rings. The molecule has 3 heteroatoms. The second kappa shape index (κ2) is 3.70. The highest BCUT2D eigenvalue weighted by atomic mass is 16.4. The predicted molar refractivity (Wildman–Crippen MR) is 55.8 cm³/mol. The van der Waals surface area contributed by atoms with Gasteiger partial charge in [0, 0.05) is 17.4 Å². The number of carbonyl (C=O) groups is 1. The molecule has 0 amide bonds. The summed E-state index contributed by atoms with van der Waals surface area (Å²) < 4.78 is 1.97. The van der Waals surface area contributed by atoms with Crippen molar-refractivity contribution in [2.75, 3.05) is 0 Å². The van der Waals surface area contributed by atoms with E-state index in [9.17, 15) is 4.79 Å². The van der Waals surface area contributed by atoms with Crippen LogP contribution in [0.1, 0.15) is 34.7 Å². The van der Waals surface area contributed by atoms with E-state index < -0.39 is 5.97 Å². The number of rotatable bonds is 3. The van der Waals surface area contributed by atoms with Crippen molar-refractivity contribution in [1.29, 1.82) is 0 Å². The summed E-state index contributed by atoms with van der Waals surface area (Å²) in [6.07, 6.45) is 1.80. The molecule has 0 aromatic carbocycles. The van der Waals surface area contributed by atoms with E-state index in [0.717, 1.165) is 11.4 Å². The number of aromatic carboxylic acids is 1. The zero-order valence-corrected chi connectivity index (χ0v) is 8.74. The van der Waals surface area contributed by atoms with Crippen LogP contribution in [0.15, 0.2) is 18.7 Å². The summed E-state index contributed by atoms with van der Waals surface area (Å²) in [7, 11) is 0. The van der Waals surface area contributed by atoms with Crippen LogP contribution >= 0.6 is 0 Å². The molecule has 0 saturated heterocycles. The monoisotopic (exact) mass is 193 g/mol. The lowest BCUT2D eigenvalue weighted by Gasteiger charge is -2.14. The van der Waals surface area contributed by atoms with Crippen molar-refractivity contribution in [1.82, 2.24) is 4.57 Å². The Hall–Kier alpha value is -1.51. The molecule has 1 rings (SSSR count). The average molecular weight is 193 g/mol. The van der Waals surface area contributed by atoms with Crippen molar-refractivity contribution in [2.45, 2.75) is 26.8 Å². The minimum atomic E-state index is -0.874. The lowest BCUT2D eigenvalue weighted by atomic mass is 10.2. The summed E-state index contributed by atoms with van der Waals surface area (Å²) in [5.74, 6) is -0.874. The standard InChI is InChI=1S/C11H15NO2/c1-5-7(2)12-8(3)6-10(9(12)4)11(13)14/h5-7H,1H2,2-4H3,(H,13,14). The summed E-state index contributed by atoms with van der Waals surface area (Å²) >= 11 is 0. The normalized spacial score (nSPS) is 12.5. The first kappa shape index (κ1) is 10.6. The summed E-state index contributed by atoms with van der Waals surface area (Å²) in [6.45, 7) is 9.41. The third kappa shape index (κ3) is 1.58. The molecule has 1 unspecified atom stereocenters. The van der Waals surface area contributed by atoms with Gasteiger partial charge in [0.25, 0.3) is 0 Å². The topological polar surface area (TPSA) is 42.2 Å². The van der Waals surface area contributed by atoms with Crippen molar-refractivity contribution in [3.63, 3.8) is 0 Å². The van der Waals surface area contributed by atoms with Gasteiger partial charge in [-0.1, -0.05) is 6.08 Å². The van der Waals surface area contributed by atoms with E-state index in [4.69, 9.17) is 5.11 Å². The van der Waals surface area contributed by atoms with Crippen LogP contribution in [0.2, 0.25) is 0 Å². The van der Waals surface area contributed by atoms with Gasteiger partial charge in [0.1, 0.15) is 0 Å². The van der Waals surface area contributed by atoms with Gasteiger partial charge in [-0.25, -0.2) is 4.79 Å². The fraction of sp³-hybridized carbons (Fsp3) is 0.364. The molecule has 0 fully saturated rings. The minimum Gasteiger partial charge on any atom is -0.478 e. The summed E-state index contributed by atoms with van der Waals surface area (Å²) in [6, 6.07) is 1.82. The van der Waals surface area contributed by atoms with E-state index in [1.807, 2.05) is 25.3 Å². The quantitative estimate of drug-likeness (QED) is 0.749. The van der Waals surface area contributed by atoms with Gasteiger partial charge in [-0.2, -0.15) is 0 Å². The van der Waals surface area contributed by atoms with Gasteiger partial charge in [-0.15, -0.1) is 6.58 Å². The molecule has 1 aromatic heterocycles. The van der Waals surface area contributed by atoms with Crippen molar-refractivity contribution >= 4 is 5.97 Å². The van der Waals surface area contributed by atoms with E-state index in [1.165, 1.54) is 0 Å². The Labute approximate surface area is 83.7 Å². The molecule has 0 spiro atoms. The lowest BCUT2D eigenvalue weighted by Crippen LogP contribution is -2.07. The summed E-state index contributed by atoms with van der Waals surface area (Å²) in [5, 5.41) is 8.92. The second-order valence-electron chi connectivity index (χ2n) is 3.44. The highest BCUT2D eigenvalue weighted by molar-refractivity contribution is 5.89. The van der Waals surface area contributed by atoms with Gasteiger partial charge in [-0.05, 0) is 26.8 Å². The number of aromatic nitrogens is 1. The van der Waals surface area contributed by atoms with Gasteiger partial charge in [0.05, 0.1) is 5.56 Å². The van der Waals surface area contributed by atoms with Crippen molar-refractivity contribution in [2.24, 2.45) is 0 Å². The Bertz CT molecular complexity index is 377. The van der Waals surface area contributed by atoms with Crippen LogP contribution < -0.4 is 0 Å². The van der Waals surface area contributed by atoms with Crippen LogP contribution in [0.3, 0.4) is 0 Å². The molecule has 0 aliphatic rings. The fourth-order valence-electron chi connectivity index (χ4n) is 1.73. The first-order valence-corrected chi connectivity index (χ1v) is 4.53. The summed E-state index contributed by atoms with van der Waals surface area (Å²) in [5.41, 5.74) is 2.10. The SMILES string of the molecule is C=CC(C)n1c(C)cc(C(=O)O)c1C. The van der Waals surface area contributed by atoms with Crippen LogP contribution in [0.5, 0.6) is 0 Å². The molecule has 0 radical (unpaired) electrons. The smallest absolute Gasteiger partial charge is 0.337 e. The third-order valence-corrected chi connectivity index (χ3v) is 2.46. The maximum atomic E-state index is 10.9. The number of allylic oxidation sites excluding steroid dienone is 1. The molecular formula is C11H15NO2. The van der Waals surface area contributed by atoms with Crippen LogP contribution in [0.25, 0.3) is 0 Å². The van der Waals surface area contributed by atoms with Crippen LogP contribution in [0.4, 0.5) is 0 Å². The maximum Gasteiger partial charge on any atom is 0.337 e.